The number of thioether (sulfide) groups is 1. The van der Waals surface area contributed by atoms with Gasteiger partial charge in [-0.25, -0.2) is 0 Å². The van der Waals surface area contributed by atoms with Crippen LogP contribution in [0.15, 0.2) is 40.5 Å². The molecule has 2 N–H and O–H groups in total. The number of aryl methyl sites for hydroxylation is 1. The fraction of sp³-hybridized carbons (Fsp3) is 0.235. The Hall–Kier alpha value is -3.15. The number of carbonyl (C=O) groups excluding carboxylic acids is 1. The molecule has 0 radical (unpaired) electrons. The molecule has 0 aliphatic carbocycles. The van der Waals surface area contributed by atoms with Crippen LogP contribution in [-0.4, -0.2) is 43.4 Å². The number of carbonyl (C=O) groups is 2. The molecule has 1 unspecified atom stereocenters. The third-order valence-corrected chi connectivity index (χ3v) is 4.96. The maximum Gasteiger partial charge on any atom is 0.435 e. The lowest BCUT2D eigenvalue weighted by Gasteiger charge is -2.05. The van der Waals surface area contributed by atoms with Crippen LogP contribution >= 0.6 is 11.8 Å². The number of rotatable bonds is 5. The summed E-state index contributed by atoms with van der Waals surface area (Å²) in [5, 5.41) is 21.8. The fourth-order valence-electron chi connectivity index (χ4n) is 2.59. The van der Waals surface area contributed by atoms with Crippen LogP contribution in [0.1, 0.15) is 17.7 Å². The highest BCUT2D eigenvalue weighted by Crippen LogP contribution is 2.32. The Labute approximate surface area is 166 Å². The van der Waals surface area contributed by atoms with Gasteiger partial charge in [0.15, 0.2) is 10.9 Å². The number of alkyl halides is 3. The van der Waals surface area contributed by atoms with E-state index in [1.807, 2.05) is 0 Å². The number of nitrogens with zero attached hydrogens (tertiary/aromatic N) is 4. The number of hydrogen-bond acceptors (Lipinski definition) is 6. The Morgan fingerprint density at radius 2 is 2.14 bits per heavy atom. The Kier molecular flexibility index (Phi) is 5.73. The molecule has 0 bridgehead atoms. The highest BCUT2D eigenvalue weighted by molar-refractivity contribution is 8.15. The van der Waals surface area contributed by atoms with E-state index in [2.05, 4.69) is 20.6 Å². The van der Waals surface area contributed by atoms with E-state index in [0.717, 1.165) is 22.5 Å². The smallest absolute Gasteiger partial charge is 0.435 e. The average Bonchev–Trinajstić information content (AvgIpc) is 3.18. The van der Waals surface area contributed by atoms with E-state index in [1.54, 1.807) is 24.3 Å². The van der Waals surface area contributed by atoms with Gasteiger partial charge in [0.2, 0.25) is 5.91 Å². The number of aliphatic carboxylic acids is 1. The summed E-state index contributed by atoms with van der Waals surface area (Å²) in [5.74, 6) is -1.58. The summed E-state index contributed by atoms with van der Waals surface area (Å²) >= 11 is 0.947. The summed E-state index contributed by atoms with van der Waals surface area (Å²) in [7, 11) is 1.41. The van der Waals surface area contributed by atoms with Gasteiger partial charge in [-0.2, -0.15) is 23.4 Å². The van der Waals surface area contributed by atoms with Gasteiger partial charge >= 0.3 is 12.1 Å². The third-order valence-electron chi connectivity index (χ3n) is 3.89. The molecule has 0 spiro atoms. The molecule has 1 atom stereocenters. The predicted octanol–water partition coefficient (Wildman–Crippen LogP) is 2.50. The van der Waals surface area contributed by atoms with Crippen LogP contribution in [0.2, 0.25) is 0 Å². The number of hydrogen-bond donors (Lipinski definition) is 2. The van der Waals surface area contributed by atoms with Gasteiger partial charge in [0.05, 0.1) is 18.3 Å². The normalized spacial score (nSPS) is 18.6. The molecular weight excluding hydrogens is 411 g/mol. The van der Waals surface area contributed by atoms with Crippen molar-refractivity contribution in [2.75, 3.05) is 0 Å². The SMILES string of the molecule is Cn1nc(C(F)(F)F)cc1-c1ccccc1C=NN=C1NC(=O)C(CC(=O)O)S1. The van der Waals surface area contributed by atoms with Gasteiger partial charge in [0.1, 0.15) is 5.25 Å². The number of amides is 1. The van der Waals surface area contributed by atoms with Crippen LogP contribution in [-0.2, 0) is 22.8 Å². The second kappa shape index (κ2) is 8.07. The van der Waals surface area contributed by atoms with E-state index in [-0.39, 0.29) is 17.3 Å². The van der Waals surface area contributed by atoms with Gasteiger partial charge < -0.3 is 10.4 Å². The lowest BCUT2D eigenvalue weighted by atomic mass is 10.1. The first-order valence-corrected chi connectivity index (χ1v) is 9.04. The molecule has 2 aromatic rings. The minimum Gasteiger partial charge on any atom is -0.481 e. The largest absolute Gasteiger partial charge is 0.481 e. The number of halogens is 3. The second-order valence-corrected chi connectivity index (χ2v) is 7.16. The van der Waals surface area contributed by atoms with E-state index in [1.165, 1.54) is 13.3 Å². The Balaban J connectivity index is 1.83. The number of aromatic nitrogens is 2. The standard InChI is InChI=1S/C17H14F3N5O3S/c1-25-11(6-13(24-25)17(18,19)20)10-5-3-2-4-9(10)8-21-23-16-22-15(28)12(29-16)7-14(26)27/h2-6,8,12H,7H2,1H3,(H,26,27)(H,22,23,28). The molecule has 1 saturated heterocycles. The molecule has 1 aliphatic heterocycles. The van der Waals surface area contributed by atoms with Crippen molar-refractivity contribution in [2.45, 2.75) is 17.8 Å². The van der Waals surface area contributed by atoms with Crippen molar-refractivity contribution in [3.63, 3.8) is 0 Å². The number of carboxylic acid groups (broad SMARTS) is 1. The molecule has 12 heteroatoms. The maximum atomic E-state index is 12.9. The van der Waals surface area contributed by atoms with Crippen LogP contribution in [0.3, 0.4) is 0 Å². The van der Waals surface area contributed by atoms with Gasteiger partial charge in [-0.05, 0) is 6.07 Å². The van der Waals surface area contributed by atoms with Gasteiger partial charge in [-0.15, -0.1) is 5.10 Å². The molecule has 1 amide bonds. The van der Waals surface area contributed by atoms with Crippen molar-refractivity contribution in [1.29, 1.82) is 0 Å². The van der Waals surface area contributed by atoms with Crippen molar-refractivity contribution in [3.05, 3.63) is 41.6 Å². The zero-order valence-corrected chi connectivity index (χ0v) is 15.7. The van der Waals surface area contributed by atoms with E-state index >= 15 is 0 Å². The zero-order valence-electron chi connectivity index (χ0n) is 14.8. The second-order valence-electron chi connectivity index (χ2n) is 5.97. The van der Waals surface area contributed by atoms with Gasteiger partial charge in [0, 0.05) is 18.2 Å². The van der Waals surface area contributed by atoms with Crippen molar-refractivity contribution in [2.24, 2.45) is 17.3 Å². The summed E-state index contributed by atoms with van der Waals surface area (Å²) in [6, 6.07) is 7.58. The fourth-order valence-corrected chi connectivity index (χ4v) is 3.50. The number of carboxylic acids is 1. The molecule has 1 aromatic heterocycles. The quantitative estimate of drug-likeness (QED) is 0.565. The van der Waals surface area contributed by atoms with Crippen LogP contribution in [0, 0.1) is 0 Å². The van der Waals surface area contributed by atoms with E-state index in [0.29, 0.717) is 11.1 Å². The topological polar surface area (TPSA) is 109 Å². The van der Waals surface area contributed by atoms with Crippen molar-refractivity contribution < 1.29 is 27.9 Å². The van der Waals surface area contributed by atoms with Crippen LogP contribution in [0.5, 0.6) is 0 Å². The highest BCUT2D eigenvalue weighted by atomic mass is 32.2. The molecule has 3 rings (SSSR count). The molecule has 1 aromatic carbocycles. The van der Waals surface area contributed by atoms with Crippen molar-refractivity contribution >= 4 is 35.0 Å². The van der Waals surface area contributed by atoms with E-state index < -0.39 is 29.0 Å². The zero-order chi connectivity index (χ0) is 21.2. The lowest BCUT2D eigenvalue weighted by Crippen LogP contribution is -2.26. The summed E-state index contributed by atoms with van der Waals surface area (Å²) in [6.45, 7) is 0. The summed E-state index contributed by atoms with van der Waals surface area (Å²) in [5.41, 5.74) is 0.201. The minimum atomic E-state index is -4.56. The number of nitrogens with one attached hydrogen (secondary N) is 1. The van der Waals surface area contributed by atoms with Gasteiger partial charge in [0.25, 0.3) is 0 Å². The molecule has 29 heavy (non-hydrogen) atoms. The molecule has 1 fully saturated rings. The van der Waals surface area contributed by atoms with E-state index in [9.17, 15) is 22.8 Å². The lowest BCUT2D eigenvalue weighted by molar-refractivity contribution is -0.141. The molecule has 1 aliphatic rings. The summed E-state index contributed by atoms with van der Waals surface area (Å²) < 4.78 is 39.9. The summed E-state index contributed by atoms with van der Waals surface area (Å²) in [6.07, 6.45) is -3.57. The Morgan fingerprint density at radius 1 is 1.41 bits per heavy atom. The molecule has 8 nitrogen and oxygen atoms in total. The third kappa shape index (κ3) is 4.83. The average molecular weight is 425 g/mol. The summed E-state index contributed by atoms with van der Waals surface area (Å²) in [4.78, 5) is 22.4. The first kappa shape index (κ1) is 20.6. The Morgan fingerprint density at radius 3 is 2.79 bits per heavy atom. The van der Waals surface area contributed by atoms with Gasteiger partial charge in [-0.1, -0.05) is 36.0 Å². The van der Waals surface area contributed by atoms with Crippen molar-refractivity contribution in [3.8, 4) is 11.3 Å². The monoisotopic (exact) mass is 425 g/mol. The first-order chi connectivity index (χ1) is 13.6. The molecule has 0 saturated carbocycles. The Bertz CT molecular complexity index is 1020. The first-order valence-electron chi connectivity index (χ1n) is 8.16. The predicted molar refractivity (Wildman–Crippen MR) is 100 cm³/mol. The maximum absolute atomic E-state index is 12.9. The van der Waals surface area contributed by atoms with E-state index in [4.69, 9.17) is 5.11 Å². The molecule has 2 heterocycles. The molecular formula is C17H14F3N5O3S. The van der Waals surface area contributed by atoms with Crippen molar-refractivity contribution in [1.82, 2.24) is 15.1 Å². The minimum absolute atomic E-state index is 0.148. The number of amidine groups is 1. The van der Waals surface area contributed by atoms with Gasteiger partial charge in [-0.3, -0.25) is 14.3 Å². The van der Waals surface area contributed by atoms with Crippen LogP contribution in [0.4, 0.5) is 13.2 Å². The van der Waals surface area contributed by atoms with Crippen LogP contribution < -0.4 is 5.32 Å². The highest BCUT2D eigenvalue weighted by Gasteiger charge is 2.35. The molecule has 152 valence electrons. The van der Waals surface area contributed by atoms with Crippen LogP contribution in [0.25, 0.3) is 11.3 Å². The number of benzene rings is 1.